The molecule has 0 spiro atoms. The Morgan fingerprint density at radius 3 is 3.00 bits per heavy atom. The molecule has 2 nitrogen and oxygen atoms in total. The van der Waals surface area contributed by atoms with E-state index in [2.05, 4.69) is 11.1 Å². The van der Waals surface area contributed by atoms with E-state index in [0.717, 1.165) is 24.8 Å². The quantitative estimate of drug-likeness (QED) is 0.676. The zero-order valence-electron chi connectivity index (χ0n) is 7.32. The highest BCUT2D eigenvalue weighted by molar-refractivity contribution is 7.07. The molecule has 1 aromatic heterocycles. The monoisotopic (exact) mass is 193 g/mol. The second-order valence-electron chi connectivity index (χ2n) is 3.18. The zero-order chi connectivity index (χ0) is 9.10. The van der Waals surface area contributed by atoms with Gasteiger partial charge < -0.3 is 0 Å². The molecule has 1 aliphatic carbocycles. The van der Waals surface area contributed by atoms with Crippen LogP contribution in [0.15, 0.2) is 22.5 Å². The Morgan fingerprint density at radius 1 is 1.46 bits per heavy atom. The van der Waals surface area contributed by atoms with Gasteiger partial charge in [-0.3, -0.25) is 4.79 Å². The number of Topliss-reactive ketones (excluding diaryl/α,β-unsaturated/α-hetero) is 1. The van der Waals surface area contributed by atoms with Crippen molar-refractivity contribution in [2.45, 2.75) is 25.7 Å². The summed E-state index contributed by atoms with van der Waals surface area (Å²) in [6.45, 7) is 0. The first-order valence-corrected chi connectivity index (χ1v) is 5.44. The van der Waals surface area contributed by atoms with Gasteiger partial charge in [-0.05, 0) is 31.3 Å². The van der Waals surface area contributed by atoms with Crippen molar-refractivity contribution in [2.24, 2.45) is 0 Å². The number of nitrogens with zero attached hydrogens (tertiary/aromatic N) is 1. The topological polar surface area (TPSA) is 30.0 Å². The fraction of sp³-hybridized carbons (Fsp3) is 0.400. The van der Waals surface area contributed by atoms with Gasteiger partial charge in [-0.15, -0.1) is 11.3 Å². The highest BCUT2D eigenvalue weighted by atomic mass is 32.1. The third-order valence-corrected chi connectivity index (χ3v) is 2.83. The normalized spacial score (nSPS) is 16.8. The van der Waals surface area contributed by atoms with Gasteiger partial charge >= 0.3 is 0 Å². The predicted molar refractivity (Wildman–Crippen MR) is 53.0 cm³/mol. The maximum absolute atomic E-state index is 11.7. The van der Waals surface area contributed by atoms with Gasteiger partial charge in [0, 0.05) is 5.38 Å². The molecule has 0 aromatic carbocycles. The average Bonchev–Trinajstić information content (AvgIpc) is 2.71. The minimum atomic E-state index is 0.126. The number of carbonyl (C=O) groups is 1. The summed E-state index contributed by atoms with van der Waals surface area (Å²) < 4.78 is 0. The number of aromatic nitrogens is 1. The summed E-state index contributed by atoms with van der Waals surface area (Å²) in [5.41, 5.74) is 3.27. The van der Waals surface area contributed by atoms with Crippen LogP contribution in [0.3, 0.4) is 0 Å². The van der Waals surface area contributed by atoms with Crippen LogP contribution in [-0.2, 0) is 0 Å². The van der Waals surface area contributed by atoms with Crippen LogP contribution in [-0.4, -0.2) is 10.8 Å². The number of thiazole rings is 1. The molecule has 13 heavy (non-hydrogen) atoms. The van der Waals surface area contributed by atoms with Crippen LogP contribution in [0.25, 0.3) is 0 Å². The van der Waals surface area contributed by atoms with Crippen LogP contribution in [0.4, 0.5) is 0 Å². The minimum Gasteiger partial charge on any atom is -0.287 e. The molecule has 0 saturated heterocycles. The average molecular weight is 193 g/mol. The fourth-order valence-corrected chi connectivity index (χ4v) is 2.07. The molecule has 0 unspecified atom stereocenters. The number of rotatable bonds is 2. The van der Waals surface area contributed by atoms with Crippen molar-refractivity contribution in [3.63, 3.8) is 0 Å². The lowest BCUT2D eigenvalue weighted by Crippen LogP contribution is -2.06. The summed E-state index contributed by atoms with van der Waals surface area (Å²) >= 11 is 1.47. The third-order valence-electron chi connectivity index (χ3n) is 2.25. The summed E-state index contributed by atoms with van der Waals surface area (Å²) in [5.74, 6) is 0.126. The second kappa shape index (κ2) is 3.83. The first-order valence-electron chi connectivity index (χ1n) is 4.50. The Kier molecular flexibility index (Phi) is 2.54. The standard InChI is InChI=1S/C10H11NOS/c12-10(9-6-13-7-11-9)8-4-2-1-3-5-8/h4,6-7H,1-3,5H2. The van der Waals surface area contributed by atoms with E-state index in [9.17, 15) is 4.79 Å². The van der Waals surface area contributed by atoms with Crippen LogP contribution in [0, 0.1) is 0 Å². The van der Waals surface area contributed by atoms with Crippen LogP contribution in [0.2, 0.25) is 0 Å². The van der Waals surface area contributed by atoms with E-state index < -0.39 is 0 Å². The number of hydrogen-bond acceptors (Lipinski definition) is 3. The molecule has 0 amide bonds. The molecule has 0 bridgehead atoms. The molecule has 2 rings (SSSR count). The van der Waals surface area contributed by atoms with Crippen molar-refractivity contribution in [3.8, 4) is 0 Å². The first kappa shape index (κ1) is 8.63. The van der Waals surface area contributed by atoms with Crippen LogP contribution < -0.4 is 0 Å². The van der Waals surface area contributed by atoms with Crippen molar-refractivity contribution in [3.05, 3.63) is 28.2 Å². The van der Waals surface area contributed by atoms with Gasteiger partial charge in [-0.2, -0.15) is 0 Å². The third kappa shape index (κ3) is 1.86. The van der Waals surface area contributed by atoms with E-state index in [1.54, 1.807) is 5.51 Å². The molecule has 0 saturated carbocycles. The number of carbonyl (C=O) groups excluding carboxylic acids is 1. The molecular formula is C10H11NOS. The molecular weight excluding hydrogens is 182 g/mol. The van der Waals surface area contributed by atoms with Crippen molar-refractivity contribution < 1.29 is 4.79 Å². The lowest BCUT2D eigenvalue weighted by atomic mass is 9.95. The maximum Gasteiger partial charge on any atom is 0.207 e. The summed E-state index contributed by atoms with van der Waals surface area (Å²) in [4.78, 5) is 15.8. The second-order valence-corrected chi connectivity index (χ2v) is 3.90. The smallest absolute Gasteiger partial charge is 0.207 e. The maximum atomic E-state index is 11.7. The Hall–Kier alpha value is -0.960. The van der Waals surface area contributed by atoms with Crippen molar-refractivity contribution >= 4 is 17.1 Å². The number of ketones is 1. The van der Waals surface area contributed by atoms with Gasteiger partial charge in [0.1, 0.15) is 5.69 Å². The number of allylic oxidation sites excluding steroid dienone is 2. The van der Waals surface area contributed by atoms with Crippen LogP contribution in [0.1, 0.15) is 36.2 Å². The van der Waals surface area contributed by atoms with Crippen molar-refractivity contribution in [1.82, 2.24) is 4.98 Å². The molecule has 1 aliphatic rings. The lowest BCUT2D eigenvalue weighted by Gasteiger charge is -2.09. The molecule has 1 heterocycles. The minimum absolute atomic E-state index is 0.126. The largest absolute Gasteiger partial charge is 0.287 e. The molecule has 0 aliphatic heterocycles. The molecule has 0 N–H and O–H groups in total. The van der Waals surface area contributed by atoms with Gasteiger partial charge in [0.05, 0.1) is 5.51 Å². The fourth-order valence-electron chi connectivity index (χ4n) is 1.53. The van der Waals surface area contributed by atoms with Gasteiger partial charge in [0.25, 0.3) is 0 Å². The number of hydrogen-bond donors (Lipinski definition) is 0. The van der Waals surface area contributed by atoms with Gasteiger partial charge in [0.2, 0.25) is 5.78 Å². The molecule has 1 aromatic rings. The van der Waals surface area contributed by atoms with E-state index in [1.165, 1.54) is 17.8 Å². The van der Waals surface area contributed by atoms with E-state index in [0.29, 0.717) is 5.69 Å². The summed E-state index contributed by atoms with van der Waals surface area (Å²) in [7, 11) is 0. The highest BCUT2D eigenvalue weighted by Gasteiger charge is 2.15. The van der Waals surface area contributed by atoms with Crippen LogP contribution >= 0.6 is 11.3 Å². The van der Waals surface area contributed by atoms with Crippen LogP contribution in [0.5, 0.6) is 0 Å². The van der Waals surface area contributed by atoms with Gasteiger partial charge in [-0.25, -0.2) is 4.98 Å². The Balaban J connectivity index is 2.17. The summed E-state index contributed by atoms with van der Waals surface area (Å²) in [6.07, 6.45) is 6.39. The van der Waals surface area contributed by atoms with E-state index in [1.807, 2.05) is 5.38 Å². The molecule has 3 heteroatoms. The van der Waals surface area contributed by atoms with E-state index in [4.69, 9.17) is 0 Å². The highest BCUT2D eigenvalue weighted by Crippen LogP contribution is 2.20. The molecule has 68 valence electrons. The van der Waals surface area contributed by atoms with Gasteiger partial charge in [0.15, 0.2) is 0 Å². The lowest BCUT2D eigenvalue weighted by molar-refractivity contribution is 0.102. The van der Waals surface area contributed by atoms with Crippen molar-refractivity contribution in [2.75, 3.05) is 0 Å². The Labute approximate surface area is 81.3 Å². The van der Waals surface area contributed by atoms with Gasteiger partial charge in [-0.1, -0.05) is 6.08 Å². The molecule has 0 radical (unpaired) electrons. The summed E-state index contributed by atoms with van der Waals surface area (Å²) in [5, 5.41) is 1.82. The Morgan fingerprint density at radius 2 is 2.38 bits per heavy atom. The summed E-state index contributed by atoms with van der Waals surface area (Å²) in [6, 6.07) is 0. The Bertz CT molecular complexity index is 327. The van der Waals surface area contributed by atoms with E-state index >= 15 is 0 Å². The van der Waals surface area contributed by atoms with E-state index in [-0.39, 0.29) is 5.78 Å². The SMILES string of the molecule is O=C(C1=CCCCC1)c1cscn1. The zero-order valence-corrected chi connectivity index (χ0v) is 8.14. The molecule has 0 fully saturated rings. The molecule has 0 atom stereocenters. The first-order chi connectivity index (χ1) is 6.38. The van der Waals surface area contributed by atoms with Crippen molar-refractivity contribution in [1.29, 1.82) is 0 Å². The predicted octanol–water partition coefficient (Wildman–Crippen LogP) is 2.83.